The molecular weight excluding hydrogens is 452 g/mol. The second-order valence-corrected chi connectivity index (χ2v) is 7.42. The van der Waals surface area contributed by atoms with E-state index in [4.69, 9.17) is 31.2 Å². The molecule has 0 atom stereocenters. The second kappa shape index (κ2) is 13.8. The van der Waals surface area contributed by atoms with Gasteiger partial charge in [0.2, 0.25) is 0 Å². The molecule has 34 heavy (non-hydrogen) atoms. The van der Waals surface area contributed by atoms with Crippen LogP contribution in [-0.4, -0.2) is 44.1 Å². The van der Waals surface area contributed by atoms with Crippen molar-refractivity contribution < 1.29 is 23.7 Å². The zero-order valence-electron chi connectivity index (χ0n) is 19.0. The Bertz CT molecular complexity index is 1040. The molecule has 0 aromatic heterocycles. The first-order valence-corrected chi connectivity index (χ1v) is 11.4. The van der Waals surface area contributed by atoms with Crippen molar-refractivity contribution in [2.24, 2.45) is 0 Å². The summed E-state index contributed by atoms with van der Waals surface area (Å²) in [6.07, 6.45) is 0. The van der Waals surface area contributed by atoms with Gasteiger partial charge in [-0.3, -0.25) is 10.1 Å². The molecular formula is C26H28N2O5S. The van der Waals surface area contributed by atoms with Crippen LogP contribution in [0, 0.1) is 0 Å². The van der Waals surface area contributed by atoms with Crippen LogP contribution in [0.25, 0.3) is 0 Å². The normalized spacial score (nSPS) is 10.3. The lowest BCUT2D eigenvalue weighted by Gasteiger charge is -2.12. The number of amides is 1. The van der Waals surface area contributed by atoms with Crippen LogP contribution >= 0.6 is 12.2 Å². The highest BCUT2D eigenvalue weighted by atomic mass is 32.1. The summed E-state index contributed by atoms with van der Waals surface area (Å²) in [5.41, 5.74) is 1.17. The third-order valence-electron chi connectivity index (χ3n) is 4.50. The van der Waals surface area contributed by atoms with Gasteiger partial charge in [-0.1, -0.05) is 24.3 Å². The molecule has 3 rings (SSSR count). The van der Waals surface area contributed by atoms with Crippen LogP contribution in [0.5, 0.6) is 17.2 Å². The molecule has 0 aliphatic rings. The van der Waals surface area contributed by atoms with Gasteiger partial charge in [-0.25, -0.2) is 0 Å². The van der Waals surface area contributed by atoms with Crippen LogP contribution < -0.4 is 24.8 Å². The highest BCUT2D eigenvalue weighted by Crippen LogP contribution is 2.17. The molecule has 0 spiro atoms. The predicted molar refractivity (Wildman–Crippen MR) is 136 cm³/mol. The Morgan fingerprint density at radius 1 is 0.765 bits per heavy atom. The zero-order valence-corrected chi connectivity index (χ0v) is 19.8. The summed E-state index contributed by atoms with van der Waals surface area (Å²) in [4.78, 5) is 12.5. The van der Waals surface area contributed by atoms with Crippen LogP contribution in [0.2, 0.25) is 0 Å². The van der Waals surface area contributed by atoms with E-state index in [0.29, 0.717) is 55.8 Å². The van der Waals surface area contributed by atoms with Crippen LogP contribution in [-0.2, 0) is 4.74 Å². The number of hydrogen-bond acceptors (Lipinski definition) is 6. The lowest BCUT2D eigenvalue weighted by atomic mass is 10.2. The highest BCUT2D eigenvalue weighted by Gasteiger charge is 2.09. The fraction of sp³-hybridized carbons (Fsp3) is 0.231. The van der Waals surface area contributed by atoms with Gasteiger partial charge in [0.1, 0.15) is 37.1 Å². The maximum absolute atomic E-state index is 12.5. The number of thiocarbonyl (C=S) groups is 1. The molecule has 3 aromatic rings. The topological polar surface area (TPSA) is 78.1 Å². The van der Waals surface area contributed by atoms with Crippen molar-refractivity contribution in [3.8, 4) is 17.2 Å². The van der Waals surface area contributed by atoms with Crippen molar-refractivity contribution in [2.75, 3.05) is 38.4 Å². The van der Waals surface area contributed by atoms with E-state index in [1.165, 1.54) is 0 Å². The third-order valence-corrected chi connectivity index (χ3v) is 4.70. The summed E-state index contributed by atoms with van der Waals surface area (Å²) in [5.74, 6) is 1.81. The van der Waals surface area contributed by atoms with Crippen molar-refractivity contribution in [3.05, 3.63) is 84.4 Å². The van der Waals surface area contributed by atoms with Gasteiger partial charge in [0, 0.05) is 23.9 Å². The number of para-hydroxylation sites is 1. The monoisotopic (exact) mass is 480 g/mol. The van der Waals surface area contributed by atoms with Crippen molar-refractivity contribution in [2.45, 2.75) is 6.92 Å². The van der Waals surface area contributed by atoms with E-state index in [1.807, 2.05) is 55.5 Å². The first-order valence-electron chi connectivity index (χ1n) is 11.0. The van der Waals surface area contributed by atoms with Crippen LogP contribution in [0.1, 0.15) is 17.3 Å². The molecule has 2 N–H and O–H groups in total. The molecule has 0 heterocycles. The quantitative estimate of drug-likeness (QED) is 0.288. The maximum atomic E-state index is 12.5. The summed E-state index contributed by atoms with van der Waals surface area (Å²) >= 11 is 5.27. The molecule has 0 bridgehead atoms. The molecule has 0 aliphatic carbocycles. The average Bonchev–Trinajstić information content (AvgIpc) is 2.86. The standard InChI is InChI=1S/C26H28N2O5S/c1-2-30-15-16-33-24-10-6-7-21(19-24)27-26(34)28-25(29)20-11-13-23(14-12-20)32-18-17-31-22-8-4-3-5-9-22/h3-14,19H,2,15-18H2,1H3,(H2,27,28,29,34). The Kier molecular flexibility index (Phi) is 10.2. The zero-order chi connectivity index (χ0) is 24.0. The van der Waals surface area contributed by atoms with Gasteiger partial charge in [-0.15, -0.1) is 0 Å². The van der Waals surface area contributed by atoms with Crippen molar-refractivity contribution in [1.29, 1.82) is 0 Å². The Morgan fingerprint density at radius 2 is 1.38 bits per heavy atom. The number of ether oxygens (including phenoxy) is 4. The van der Waals surface area contributed by atoms with Crippen molar-refractivity contribution in [3.63, 3.8) is 0 Å². The molecule has 7 nitrogen and oxygen atoms in total. The number of hydrogen-bond donors (Lipinski definition) is 2. The number of carbonyl (C=O) groups is 1. The van der Waals surface area contributed by atoms with Crippen molar-refractivity contribution in [1.82, 2.24) is 5.32 Å². The summed E-state index contributed by atoms with van der Waals surface area (Å²) in [6, 6.07) is 23.7. The molecule has 8 heteroatoms. The first-order chi connectivity index (χ1) is 16.6. The number of nitrogens with one attached hydrogen (secondary N) is 2. The highest BCUT2D eigenvalue weighted by molar-refractivity contribution is 7.80. The Labute approximate surface area is 205 Å². The Hall–Kier alpha value is -3.62. The van der Waals surface area contributed by atoms with Crippen LogP contribution in [0.3, 0.4) is 0 Å². The van der Waals surface area contributed by atoms with Gasteiger partial charge in [0.25, 0.3) is 5.91 Å². The lowest BCUT2D eigenvalue weighted by molar-refractivity contribution is 0.0977. The van der Waals surface area contributed by atoms with Gasteiger partial charge in [0.05, 0.1) is 6.61 Å². The van der Waals surface area contributed by atoms with Gasteiger partial charge in [-0.2, -0.15) is 0 Å². The minimum atomic E-state index is -0.319. The molecule has 1 amide bonds. The molecule has 3 aromatic carbocycles. The van der Waals surface area contributed by atoms with Gasteiger partial charge in [-0.05, 0) is 67.7 Å². The van der Waals surface area contributed by atoms with E-state index in [9.17, 15) is 4.79 Å². The summed E-state index contributed by atoms with van der Waals surface area (Å²) < 4.78 is 22.2. The average molecular weight is 481 g/mol. The second-order valence-electron chi connectivity index (χ2n) is 7.02. The largest absolute Gasteiger partial charge is 0.491 e. The van der Waals surface area contributed by atoms with E-state index in [2.05, 4.69) is 10.6 Å². The summed E-state index contributed by atoms with van der Waals surface area (Å²) in [7, 11) is 0. The van der Waals surface area contributed by atoms with Crippen LogP contribution in [0.4, 0.5) is 5.69 Å². The minimum absolute atomic E-state index is 0.190. The molecule has 178 valence electrons. The van der Waals surface area contributed by atoms with Gasteiger partial charge < -0.3 is 24.3 Å². The number of benzene rings is 3. The maximum Gasteiger partial charge on any atom is 0.257 e. The van der Waals surface area contributed by atoms with E-state index in [1.54, 1.807) is 30.3 Å². The molecule has 0 radical (unpaired) electrons. The van der Waals surface area contributed by atoms with E-state index >= 15 is 0 Å². The smallest absolute Gasteiger partial charge is 0.257 e. The SMILES string of the molecule is CCOCCOc1cccc(NC(=S)NC(=O)c2ccc(OCCOc3ccccc3)cc2)c1. The molecule has 0 saturated carbocycles. The fourth-order valence-electron chi connectivity index (χ4n) is 2.90. The number of rotatable bonds is 12. The summed E-state index contributed by atoms with van der Waals surface area (Å²) in [5, 5.41) is 5.86. The fourth-order valence-corrected chi connectivity index (χ4v) is 3.11. The van der Waals surface area contributed by atoms with Gasteiger partial charge >= 0.3 is 0 Å². The first kappa shape index (κ1) is 25.0. The van der Waals surface area contributed by atoms with E-state index in [-0.39, 0.29) is 11.0 Å². The number of carbonyl (C=O) groups excluding carboxylic acids is 1. The molecule has 0 unspecified atom stereocenters. The Morgan fingerprint density at radius 3 is 2.09 bits per heavy atom. The van der Waals surface area contributed by atoms with E-state index in [0.717, 1.165) is 5.75 Å². The molecule has 0 saturated heterocycles. The summed E-state index contributed by atoms with van der Waals surface area (Å²) in [6.45, 7) is 4.38. The third kappa shape index (κ3) is 8.73. The van der Waals surface area contributed by atoms with Crippen LogP contribution in [0.15, 0.2) is 78.9 Å². The Balaban J connectivity index is 1.41. The predicted octanol–water partition coefficient (Wildman–Crippen LogP) is 4.69. The van der Waals surface area contributed by atoms with E-state index < -0.39 is 0 Å². The molecule has 0 fully saturated rings. The minimum Gasteiger partial charge on any atom is -0.491 e. The lowest BCUT2D eigenvalue weighted by Crippen LogP contribution is -2.34. The van der Waals surface area contributed by atoms with Crippen molar-refractivity contribution >= 4 is 28.9 Å². The molecule has 0 aliphatic heterocycles. The number of anilines is 1. The van der Waals surface area contributed by atoms with Gasteiger partial charge in [0.15, 0.2) is 5.11 Å².